The summed E-state index contributed by atoms with van der Waals surface area (Å²) in [5.74, 6) is 4.90. The van der Waals surface area contributed by atoms with Crippen LogP contribution in [0, 0.1) is 23.7 Å². The van der Waals surface area contributed by atoms with Crippen LogP contribution in [0.4, 0.5) is 0 Å². The number of halogens is 1. The van der Waals surface area contributed by atoms with Gasteiger partial charge in [-0.15, -0.1) is 11.3 Å². The van der Waals surface area contributed by atoms with Crippen LogP contribution in [0.1, 0.15) is 43.4 Å². The molecule has 3 saturated carbocycles. The highest BCUT2D eigenvalue weighted by molar-refractivity contribution is 7.16. The average Bonchev–Trinajstić information content (AvgIpc) is 2.83. The summed E-state index contributed by atoms with van der Waals surface area (Å²) < 4.78 is 6.25. The average molecular weight is 326 g/mol. The molecule has 0 aliphatic heterocycles. The maximum absolute atomic E-state index is 6.12. The van der Waals surface area contributed by atoms with Crippen LogP contribution in [0.5, 0.6) is 5.75 Å². The van der Waals surface area contributed by atoms with E-state index in [-0.39, 0.29) is 0 Å². The lowest BCUT2D eigenvalue weighted by Crippen LogP contribution is -2.50. The first-order valence-electron chi connectivity index (χ1n) is 8.28. The second-order valence-corrected chi connectivity index (χ2v) is 8.97. The molecular formula is C17H24ClNOS. The van der Waals surface area contributed by atoms with Crippen molar-refractivity contribution < 1.29 is 4.74 Å². The third kappa shape index (κ3) is 2.73. The van der Waals surface area contributed by atoms with Crippen molar-refractivity contribution in [2.24, 2.45) is 23.7 Å². The van der Waals surface area contributed by atoms with Gasteiger partial charge in [0, 0.05) is 18.7 Å². The molecule has 3 aliphatic rings. The smallest absolute Gasteiger partial charge is 0.135 e. The fourth-order valence-corrected chi connectivity index (χ4v) is 6.44. The Morgan fingerprint density at radius 3 is 2.95 bits per heavy atom. The van der Waals surface area contributed by atoms with Gasteiger partial charge in [-0.25, -0.2) is 0 Å². The van der Waals surface area contributed by atoms with Gasteiger partial charge in [0.15, 0.2) is 0 Å². The summed E-state index contributed by atoms with van der Waals surface area (Å²) in [5, 5.41) is 3.85. The van der Waals surface area contributed by atoms with Crippen molar-refractivity contribution in [2.75, 3.05) is 7.11 Å². The standard InChI is InChI=1S/C17H24ClNOS/c1-20-15-8-17(18)21-16(15)9-19-14-7-11-4-10-2-3-13(14)12(5-10)6-11/h8,10-14,19H,2-7,9H2,1H3. The Morgan fingerprint density at radius 1 is 1.24 bits per heavy atom. The van der Waals surface area contributed by atoms with E-state index in [1.807, 2.05) is 6.07 Å². The summed E-state index contributed by atoms with van der Waals surface area (Å²) in [6.07, 6.45) is 8.82. The molecule has 116 valence electrons. The van der Waals surface area contributed by atoms with Crippen molar-refractivity contribution in [3.8, 4) is 5.75 Å². The molecule has 2 nitrogen and oxygen atoms in total. The molecule has 5 unspecified atom stereocenters. The van der Waals surface area contributed by atoms with Gasteiger partial charge in [0.1, 0.15) is 5.75 Å². The summed E-state index contributed by atoms with van der Waals surface area (Å²) in [6.45, 7) is 0.907. The number of hydrogen-bond donors (Lipinski definition) is 1. The fraction of sp³-hybridized carbons (Fsp3) is 0.765. The predicted molar refractivity (Wildman–Crippen MR) is 88.2 cm³/mol. The molecule has 3 fully saturated rings. The highest BCUT2D eigenvalue weighted by Gasteiger charge is 2.45. The van der Waals surface area contributed by atoms with Gasteiger partial charge in [-0.3, -0.25) is 0 Å². The summed E-state index contributed by atoms with van der Waals surface area (Å²) in [7, 11) is 1.73. The van der Waals surface area contributed by atoms with E-state index >= 15 is 0 Å². The second kappa shape index (κ2) is 5.75. The Morgan fingerprint density at radius 2 is 2.10 bits per heavy atom. The molecule has 21 heavy (non-hydrogen) atoms. The third-order valence-corrected chi connectivity index (χ3v) is 7.29. The van der Waals surface area contributed by atoms with Crippen LogP contribution in [0.15, 0.2) is 6.07 Å². The van der Waals surface area contributed by atoms with Crippen molar-refractivity contribution >= 4 is 22.9 Å². The minimum Gasteiger partial charge on any atom is -0.495 e. The predicted octanol–water partition coefficient (Wildman–Crippen LogP) is 4.71. The van der Waals surface area contributed by atoms with Crippen LogP contribution >= 0.6 is 22.9 Å². The maximum atomic E-state index is 6.12. The lowest BCUT2D eigenvalue weighted by molar-refractivity contribution is 0.00610. The summed E-state index contributed by atoms with van der Waals surface area (Å²) in [4.78, 5) is 1.24. The zero-order chi connectivity index (χ0) is 14.4. The molecule has 1 aromatic heterocycles. The molecular weight excluding hydrogens is 302 g/mol. The number of fused-ring (bicyclic) bond motifs is 2. The van der Waals surface area contributed by atoms with Crippen LogP contribution in [0.3, 0.4) is 0 Å². The molecule has 3 aliphatic carbocycles. The minimum atomic E-state index is 0.709. The molecule has 0 spiro atoms. The first-order chi connectivity index (χ1) is 10.2. The summed E-state index contributed by atoms with van der Waals surface area (Å²) >= 11 is 7.76. The number of ether oxygens (including phenoxy) is 1. The molecule has 0 amide bonds. The molecule has 4 heteroatoms. The first kappa shape index (κ1) is 14.3. The van der Waals surface area contributed by atoms with Gasteiger partial charge in [0.2, 0.25) is 0 Å². The van der Waals surface area contributed by atoms with Crippen LogP contribution in [0.2, 0.25) is 4.34 Å². The maximum Gasteiger partial charge on any atom is 0.135 e. The molecule has 1 aromatic rings. The third-order valence-electron chi connectivity index (χ3n) is 6.04. The van der Waals surface area contributed by atoms with Gasteiger partial charge >= 0.3 is 0 Å². The SMILES string of the molecule is COc1cc(Cl)sc1CNC1CC2CC3CCC1C(C3)C2. The number of hydrogen-bond acceptors (Lipinski definition) is 3. The molecule has 0 saturated heterocycles. The molecule has 0 radical (unpaired) electrons. The van der Waals surface area contributed by atoms with Crippen molar-refractivity contribution in [3.05, 3.63) is 15.3 Å². The molecule has 1 N–H and O–H groups in total. The van der Waals surface area contributed by atoms with Gasteiger partial charge in [-0.05, 0) is 55.8 Å². The molecule has 0 aromatic carbocycles. The van der Waals surface area contributed by atoms with Crippen molar-refractivity contribution in [1.82, 2.24) is 5.32 Å². The zero-order valence-electron chi connectivity index (χ0n) is 12.6. The van der Waals surface area contributed by atoms with E-state index in [9.17, 15) is 0 Å². The topological polar surface area (TPSA) is 21.3 Å². The van der Waals surface area contributed by atoms with Gasteiger partial charge in [0.05, 0.1) is 16.3 Å². The van der Waals surface area contributed by atoms with Gasteiger partial charge in [-0.1, -0.05) is 18.0 Å². The Kier molecular flexibility index (Phi) is 3.93. The summed E-state index contributed by atoms with van der Waals surface area (Å²) in [6, 6.07) is 2.64. The van der Waals surface area contributed by atoms with E-state index in [0.717, 1.165) is 40.3 Å². The molecule has 4 rings (SSSR count). The Labute approximate surface area is 136 Å². The van der Waals surface area contributed by atoms with Crippen LogP contribution in [0.25, 0.3) is 0 Å². The van der Waals surface area contributed by atoms with Crippen molar-refractivity contribution in [1.29, 1.82) is 0 Å². The normalized spacial score (nSPS) is 37.7. The van der Waals surface area contributed by atoms with Gasteiger partial charge in [-0.2, -0.15) is 0 Å². The quantitative estimate of drug-likeness (QED) is 0.865. The largest absolute Gasteiger partial charge is 0.495 e. The van der Waals surface area contributed by atoms with Gasteiger partial charge in [0.25, 0.3) is 0 Å². The monoisotopic (exact) mass is 325 g/mol. The number of nitrogens with one attached hydrogen (secondary N) is 1. The molecule has 5 atom stereocenters. The van der Waals surface area contributed by atoms with E-state index < -0.39 is 0 Å². The highest BCUT2D eigenvalue weighted by Crippen LogP contribution is 2.52. The fourth-order valence-electron chi connectivity index (χ4n) is 5.26. The van der Waals surface area contributed by atoms with E-state index in [2.05, 4.69) is 5.32 Å². The van der Waals surface area contributed by atoms with Crippen LogP contribution in [-0.2, 0) is 6.54 Å². The van der Waals surface area contributed by atoms with Crippen LogP contribution < -0.4 is 10.1 Å². The second-order valence-electron chi connectivity index (χ2n) is 7.21. The van der Waals surface area contributed by atoms with E-state index in [0.29, 0.717) is 6.04 Å². The lowest BCUT2D eigenvalue weighted by atomic mass is 9.56. The zero-order valence-corrected chi connectivity index (χ0v) is 14.2. The van der Waals surface area contributed by atoms with E-state index in [4.69, 9.17) is 16.3 Å². The van der Waals surface area contributed by atoms with Crippen molar-refractivity contribution in [3.63, 3.8) is 0 Å². The Balaban J connectivity index is 1.44. The summed E-state index contributed by atoms with van der Waals surface area (Å²) in [5.41, 5.74) is 0. The number of rotatable bonds is 4. The molecule has 1 heterocycles. The number of thiophene rings is 1. The van der Waals surface area contributed by atoms with Crippen LogP contribution in [-0.4, -0.2) is 13.2 Å². The highest BCUT2D eigenvalue weighted by atomic mass is 35.5. The Bertz CT molecular complexity index is 511. The van der Waals surface area contributed by atoms with Gasteiger partial charge < -0.3 is 10.1 Å². The van der Waals surface area contributed by atoms with E-state index in [1.165, 1.54) is 43.4 Å². The first-order valence-corrected chi connectivity index (χ1v) is 9.48. The molecule has 3 bridgehead atoms. The minimum absolute atomic E-state index is 0.709. The van der Waals surface area contributed by atoms with Crippen molar-refractivity contribution in [2.45, 2.75) is 51.1 Å². The lowest BCUT2D eigenvalue weighted by Gasteiger charge is -2.52. The number of methoxy groups -OCH3 is 1. The Hall–Kier alpha value is -0.250. The van der Waals surface area contributed by atoms with E-state index in [1.54, 1.807) is 18.4 Å².